The van der Waals surface area contributed by atoms with E-state index in [4.69, 9.17) is 23.7 Å². The summed E-state index contributed by atoms with van der Waals surface area (Å²) in [6.07, 6.45) is -0.770. The van der Waals surface area contributed by atoms with E-state index < -0.39 is 88.2 Å². The van der Waals surface area contributed by atoms with Gasteiger partial charge in [-0.15, -0.1) is 0 Å². The first-order chi connectivity index (χ1) is 18.8. The maximum atomic E-state index is 14.2. The fourth-order valence-corrected chi connectivity index (χ4v) is 9.99. The molecule has 0 radical (unpaired) electrons. The standard InChI is InChI=1S/C29H36O11/c1-12-6-18(30)29(35)24(37-12)38-16-8-14-9-19-28(40-19)22(25(14,2)10-17(16)39-29)21(32)23(33)26(3)15(4-5-27(26,28)34)13-7-20(31)36-11-13/h7-8,12,15-19,21-22,24,30,32,34-35H,4-6,9-11H2,1-3H3. The molecule has 6 fully saturated rings. The molecule has 4 aliphatic heterocycles. The summed E-state index contributed by atoms with van der Waals surface area (Å²) in [5.74, 6) is -4.20. The van der Waals surface area contributed by atoms with Gasteiger partial charge in [0.1, 0.15) is 36.1 Å². The Bertz CT molecular complexity index is 1280. The minimum absolute atomic E-state index is 0.0719. The average molecular weight is 561 g/mol. The van der Waals surface area contributed by atoms with Gasteiger partial charge in [-0.3, -0.25) is 4.79 Å². The molecule has 8 aliphatic rings. The van der Waals surface area contributed by atoms with Gasteiger partial charge >= 0.3 is 5.97 Å². The Labute approximate surface area is 231 Å². The predicted octanol–water partition coefficient (Wildman–Crippen LogP) is 0.0229. The van der Waals surface area contributed by atoms with Gasteiger partial charge in [0.25, 0.3) is 0 Å². The minimum atomic E-state index is -2.05. The molecule has 1 spiro atoms. The third-order valence-corrected chi connectivity index (χ3v) is 12.0. The number of hydrogen-bond acceptors (Lipinski definition) is 11. The van der Waals surface area contributed by atoms with Crippen LogP contribution in [0.1, 0.15) is 52.9 Å². The second kappa shape index (κ2) is 7.62. The fourth-order valence-electron chi connectivity index (χ4n) is 9.99. The van der Waals surface area contributed by atoms with E-state index in [0.29, 0.717) is 18.4 Å². The largest absolute Gasteiger partial charge is 0.458 e. The van der Waals surface area contributed by atoms with Gasteiger partial charge in [0.05, 0.1) is 23.7 Å². The average Bonchev–Trinajstić information content (AvgIpc) is 3.33. The van der Waals surface area contributed by atoms with Crippen molar-refractivity contribution in [1.29, 1.82) is 0 Å². The first-order valence-corrected chi connectivity index (χ1v) is 14.4. The second-order valence-corrected chi connectivity index (χ2v) is 13.7. The van der Waals surface area contributed by atoms with Crippen LogP contribution >= 0.6 is 0 Å². The Morgan fingerprint density at radius 2 is 1.85 bits per heavy atom. The van der Waals surface area contributed by atoms with E-state index in [0.717, 1.165) is 5.57 Å². The summed E-state index contributed by atoms with van der Waals surface area (Å²) < 4.78 is 29.7. The van der Waals surface area contributed by atoms with E-state index in [-0.39, 0.29) is 32.0 Å². The molecule has 0 bridgehead atoms. The highest BCUT2D eigenvalue weighted by Crippen LogP contribution is 2.76. The number of epoxide rings is 1. The van der Waals surface area contributed by atoms with Crippen LogP contribution in [0.2, 0.25) is 0 Å². The van der Waals surface area contributed by atoms with Gasteiger partial charge in [0.15, 0.2) is 5.78 Å². The number of aliphatic hydroxyl groups is 4. The molecular weight excluding hydrogens is 524 g/mol. The van der Waals surface area contributed by atoms with Crippen LogP contribution in [0.25, 0.3) is 0 Å². The van der Waals surface area contributed by atoms with Gasteiger partial charge in [-0.05, 0) is 56.4 Å². The van der Waals surface area contributed by atoms with Crippen LogP contribution in [0.4, 0.5) is 0 Å². The van der Waals surface area contributed by atoms with Crippen molar-refractivity contribution in [3.63, 3.8) is 0 Å². The third kappa shape index (κ3) is 2.75. The lowest BCUT2D eigenvalue weighted by Crippen LogP contribution is -2.75. The van der Waals surface area contributed by atoms with Crippen LogP contribution in [0.15, 0.2) is 23.3 Å². The normalized spacial score (nSPS) is 59.7. The summed E-state index contributed by atoms with van der Waals surface area (Å²) in [7, 11) is 0. The number of ether oxygens (including phenoxy) is 5. The Kier molecular flexibility index (Phi) is 4.95. The molecule has 8 rings (SSSR count). The molecule has 3 saturated heterocycles. The lowest BCUT2D eigenvalue weighted by molar-refractivity contribution is -0.448. The highest BCUT2D eigenvalue weighted by atomic mass is 16.8. The molecule has 0 aromatic rings. The molecule has 0 aromatic heterocycles. The van der Waals surface area contributed by atoms with E-state index in [2.05, 4.69) is 0 Å². The number of esters is 1. The molecule has 4 aliphatic carbocycles. The summed E-state index contributed by atoms with van der Waals surface area (Å²) in [5, 5.41) is 46.4. The number of hydrogen-bond donors (Lipinski definition) is 4. The monoisotopic (exact) mass is 560 g/mol. The smallest absolute Gasteiger partial charge is 0.331 e. The maximum Gasteiger partial charge on any atom is 0.331 e. The summed E-state index contributed by atoms with van der Waals surface area (Å²) in [6.45, 7) is 5.52. The molecule has 11 nitrogen and oxygen atoms in total. The Morgan fingerprint density at radius 1 is 1.07 bits per heavy atom. The lowest BCUT2D eigenvalue weighted by atomic mass is 9.43. The highest BCUT2D eigenvalue weighted by molar-refractivity contribution is 5.94. The quantitative estimate of drug-likeness (QED) is 0.194. The zero-order chi connectivity index (χ0) is 28.2. The summed E-state index contributed by atoms with van der Waals surface area (Å²) >= 11 is 0. The molecule has 14 atom stereocenters. The second-order valence-electron chi connectivity index (χ2n) is 13.7. The molecule has 3 saturated carbocycles. The molecule has 0 amide bonds. The summed E-state index contributed by atoms with van der Waals surface area (Å²) in [5.41, 5.74) is -3.31. The fraction of sp³-hybridized carbons (Fsp3) is 0.793. The molecule has 4 N–H and O–H groups in total. The van der Waals surface area contributed by atoms with E-state index in [1.54, 1.807) is 13.8 Å². The van der Waals surface area contributed by atoms with Crippen LogP contribution in [0, 0.1) is 22.7 Å². The van der Waals surface area contributed by atoms with Crippen LogP contribution in [0.3, 0.4) is 0 Å². The number of carbonyl (C=O) groups is 2. The Hall–Kier alpha value is -1.70. The van der Waals surface area contributed by atoms with Crippen LogP contribution < -0.4 is 0 Å². The molecule has 40 heavy (non-hydrogen) atoms. The van der Waals surface area contributed by atoms with Crippen molar-refractivity contribution in [2.75, 3.05) is 6.61 Å². The van der Waals surface area contributed by atoms with Crippen molar-refractivity contribution in [3.8, 4) is 0 Å². The van der Waals surface area contributed by atoms with Crippen LogP contribution in [-0.2, 0) is 33.3 Å². The molecule has 4 heterocycles. The summed E-state index contributed by atoms with van der Waals surface area (Å²) in [6, 6.07) is 0. The zero-order valence-electron chi connectivity index (χ0n) is 22.7. The van der Waals surface area contributed by atoms with Gasteiger partial charge in [0.2, 0.25) is 12.1 Å². The van der Waals surface area contributed by atoms with E-state index in [1.165, 1.54) is 6.08 Å². The highest BCUT2D eigenvalue weighted by Gasteiger charge is 2.88. The van der Waals surface area contributed by atoms with Crippen molar-refractivity contribution in [3.05, 3.63) is 23.3 Å². The van der Waals surface area contributed by atoms with Crippen molar-refractivity contribution < 1.29 is 53.7 Å². The third-order valence-electron chi connectivity index (χ3n) is 12.0. The number of carbonyl (C=O) groups excluding carboxylic acids is 2. The number of rotatable bonds is 1. The van der Waals surface area contributed by atoms with Crippen molar-refractivity contribution in [2.24, 2.45) is 22.7 Å². The van der Waals surface area contributed by atoms with Crippen molar-refractivity contribution in [2.45, 2.75) is 113 Å². The number of ketones is 1. The first-order valence-electron chi connectivity index (χ1n) is 14.4. The molecule has 0 aromatic carbocycles. The predicted molar refractivity (Wildman–Crippen MR) is 132 cm³/mol. The molecular formula is C29H36O11. The van der Waals surface area contributed by atoms with E-state index >= 15 is 0 Å². The lowest BCUT2D eigenvalue weighted by Gasteiger charge is -2.62. The molecule has 218 valence electrons. The van der Waals surface area contributed by atoms with Crippen LogP contribution in [-0.4, -0.2) is 98.7 Å². The van der Waals surface area contributed by atoms with E-state index in [1.807, 2.05) is 13.0 Å². The Morgan fingerprint density at radius 3 is 2.58 bits per heavy atom. The number of cyclic esters (lactones) is 1. The SMILES string of the molecule is CC1CC(O)C2(O)OC3CC4(C)C(=CC3OC2O1)CC1OC12C4C(O)C(=O)C1(C)C(C3=CC(=O)OC3)CCC12O. The van der Waals surface area contributed by atoms with Crippen molar-refractivity contribution >= 4 is 11.8 Å². The van der Waals surface area contributed by atoms with Crippen LogP contribution in [0.5, 0.6) is 0 Å². The topological polar surface area (TPSA) is 165 Å². The van der Waals surface area contributed by atoms with Gasteiger partial charge < -0.3 is 44.1 Å². The van der Waals surface area contributed by atoms with Gasteiger partial charge in [-0.25, -0.2) is 4.79 Å². The number of fused-ring (bicyclic) bond motifs is 5. The van der Waals surface area contributed by atoms with Crippen molar-refractivity contribution in [1.82, 2.24) is 0 Å². The zero-order valence-corrected chi connectivity index (χ0v) is 22.7. The molecule has 11 heteroatoms. The minimum Gasteiger partial charge on any atom is -0.458 e. The maximum absolute atomic E-state index is 14.2. The first kappa shape index (κ1) is 26.0. The Balaban J connectivity index is 1.19. The molecule has 14 unspecified atom stereocenters. The van der Waals surface area contributed by atoms with Gasteiger partial charge in [-0.1, -0.05) is 18.6 Å². The van der Waals surface area contributed by atoms with Gasteiger partial charge in [-0.2, -0.15) is 0 Å². The summed E-state index contributed by atoms with van der Waals surface area (Å²) in [4.78, 5) is 26.1. The van der Waals surface area contributed by atoms with E-state index in [9.17, 15) is 30.0 Å². The number of aliphatic hydroxyl groups excluding tert-OH is 2. The van der Waals surface area contributed by atoms with Gasteiger partial charge in [0, 0.05) is 18.4 Å². The number of Topliss-reactive ketones (excluding diaryl/α,β-unsaturated/α-hetero) is 1.